The van der Waals surface area contributed by atoms with Gasteiger partial charge in [0.15, 0.2) is 0 Å². The van der Waals surface area contributed by atoms with E-state index in [1.54, 1.807) is 0 Å². The maximum absolute atomic E-state index is 11.6. The zero-order chi connectivity index (χ0) is 12.5. The number of hydrogen-bond donors (Lipinski definition) is 1. The Bertz CT molecular complexity index is 245. The van der Waals surface area contributed by atoms with Gasteiger partial charge in [0.2, 0.25) is 5.91 Å². The van der Waals surface area contributed by atoms with E-state index < -0.39 is 0 Å². The second-order valence-electron chi connectivity index (χ2n) is 4.74. The summed E-state index contributed by atoms with van der Waals surface area (Å²) in [5, 5.41) is 2.78. The van der Waals surface area contributed by atoms with Gasteiger partial charge in [-0.2, -0.15) is 0 Å². The summed E-state index contributed by atoms with van der Waals surface area (Å²) in [6.45, 7) is 0.387. The first-order valence-corrected chi connectivity index (χ1v) is 6.56. The Labute approximate surface area is 103 Å². The van der Waals surface area contributed by atoms with Crippen molar-refractivity contribution in [2.75, 3.05) is 13.7 Å². The average Bonchev–Trinajstić information content (AvgIpc) is 2.57. The summed E-state index contributed by atoms with van der Waals surface area (Å²) in [7, 11) is 1.36. The lowest BCUT2D eigenvalue weighted by atomic mass is 9.96. The molecule has 4 heteroatoms. The second-order valence-corrected chi connectivity index (χ2v) is 4.74. The van der Waals surface area contributed by atoms with Crippen LogP contribution in [0.1, 0.15) is 51.4 Å². The number of esters is 1. The lowest BCUT2D eigenvalue weighted by Crippen LogP contribution is -2.28. The number of ether oxygens (including phenoxy) is 1. The van der Waals surface area contributed by atoms with Gasteiger partial charge in [-0.25, -0.2) is 0 Å². The van der Waals surface area contributed by atoms with Crippen LogP contribution in [-0.4, -0.2) is 25.5 Å². The number of amides is 1. The molecule has 1 aliphatic rings. The number of carbonyl (C=O) groups excluding carboxylic acids is 2. The third-order valence-electron chi connectivity index (χ3n) is 3.33. The zero-order valence-electron chi connectivity index (χ0n) is 10.7. The van der Waals surface area contributed by atoms with Gasteiger partial charge in [0, 0.05) is 13.0 Å². The van der Waals surface area contributed by atoms with Crippen molar-refractivity contribution in [2.24, 2.45) is 5.92 Å². The van der Waals surface area contributed by atoms with Crippen LogP contribution in [0.3, 0.4) is 0 Å². The quantitative estimate of drug-likeness (QED) is 0.592. The molecule has 1 aliphatic carbocycles. The molecule has 0 unspecified atom stereocenters. The summed E-state index contributed by atoms with van der Waals surface area (Å²) >= 11 is 0. The van der Waals surface area contributed by atoms with Gasteiger partial charge < -0.3 is 10.1 Å². The minimum absolute atomic E-state index is 0.0702. The molecule has 0 atom stereocenters. The highest BCUT2D eigenvalue weighted by Crippen LogP contribution is 2.25. The van der Waals surface area contributed by atoms with Crippen molar-refractivity contribution in [1.29, 1.82) is 0 Å². The molecule has 0 aromatic heterocycles. The predicted octanol–water partition coefficient (Wildman–Crippen LogP) is 2.03. The lowest BCUT2D eigenvalue weighted by molar-refractivity contribution is -0.140. The Morgan fingerprint density at radius 1 is 1.18 bits per heavy atom. The topological polar surface area (TPSA) is 55.4 Å². The molecule has 98 valence electrons. The minimum atomic E-state index is -0.278. The normalized spacial score (nSPS) is 17.2. The monoisotopic (exact) mass is 241 g/mol. The molecule has 0 bridgehead atoms. The highest BCUT2D eigenvalue weighted by atomic mass is 16.5. The molecular weight excluding hydrogens is 218 g/mol. The van der Waals surface area contributed by atoms with Crippen molar-refractivity contribution in [3.05, 3.63) is 0 Å². The molecule has 0 spiro atoms. The van der Waals surface area contributed by atoms with Gasteiger partial charge in [-0.15, -0.1) is 0 Å². The van der Waals surface area contributed by atoms with Gasteiger partial charge >= 0.3 is 5.97 Å². The van der Waals surface area contributed by atoms with Gasteiger partial charge in [0.25, 0.3) is 0 Å². The number of carbonyl (C=O) groups is 2. The summed E-state index contributed by atoms with van der Waals surface area (Å²) in [6, 6.07) is 0. The van der Waals surface area contributed by atoms with E-state index in [1.165, 1.54) is 45.6 Å². The van der Waals surface area contributed by atoms with Crippen molar-refractivity contribution in [3.63, 3.8) is 0 Å². The summed E-state index contributed by atoms with van der Waals surface area (Å²) < 4.78 is 4.51. The maximum atomic E-state index is 11.6. The first-order valence-electron chi connectivity index (χ1n) is 6.56. The molecule has 17 heavy (non-hydrogen) atoms. The van der Waals surface area contributed by atoms with Crippen LogP contribution in [0.25, 0.3) is 0 Å². The fourth-order valence-electron chi connectivity index (χ4n) is 2.31. The fraction of sp³-hybridized carbons (Fsp3) is 0.846. The van der Waals surface area contributed by atoms with Crippen molar-refractivity contribution in [2.45, 2.75) is 51.4 Å². The van der Waals surface area contributed by atoms with Crippen LogP contribution in [0, 0.1) is 5.92 Å². The third kappa shape index (κ3) is 6.29. The number of rotatable bonds is 5. The number of nitrogens with one attached hydrogen (secondary N) is 1. The molecule has 0 aromatic carbocycles. The van der Waals surface area contributed by atoms with E-state index in [0.29, 0.717) is 18.9 Å². The summed E-state index contributed by atoms with van der Waals surface area (Å²) in [5.41, 5.74) is 0. The number of methoxy groups -OCH3 is 1. The Morgan fingerprint density at radius 2 is 1.82 bits per heavy atom. The van der Waals surface area contributed by atoms with Crippen molar-refractivity contribution < 1.29 is 14.3 Å². The van der Waals surface area contributed by atoms with Crippen LogP contribution in [0.2, 0.25) is 0 Å². The molecule has 0 aromatic rings. The van der Waals surface area contributed by atoms with Gasteiger partial charge in [-0.3, -0.25) is 9.59 Å². The van der Waals surface area contributed by atoms with E-state index >= 15 is 0 Å². The molecule has 0 radical (unpaired) electrons. The van der Waals surface area contributed by atoms with E-state index in [1.807, 2.05) is 0 Å². The molecule has 4 nitrogen and oxygen atoms in total. The molecule has 1 amide bonds. The highest BCUT2D eigenvalue weighted by molar-refractivity contribution is 5.77. The first kappa shape index (κ1) is 14.0. The predicted molar refractivity (Wildman–Crippen MR) is 65.5 cm³/mol. The third-order valence-corrected chi connectivity index (χ3v) is 3.33. The minimum Gasteiger partial charge on any atom is -0.469 e. The average molecular weight is 241 g/mol. The van der Waals surface area contributed by atoms with E-state index in [4.69, 9.17) is 0 Å². The molecule has 1 fully saturated rings. The number of hydrogen-bond acceptors (Lipinski definition) is 3. The second kappa shape index (κ2) is 8.09. The zero-order valence-corrected chi connectivity index (χ0v) is 10.7. The van der Waals surface area contributed by atoms with Crippen molar-refractivity contribution in [3.8, 4) is 0 Å². The molecule has 1 rings (SSSR count). The van der Waals surface area contributed by atoms with Gasteiger partial charge in [0.05, 0.1) is 13.5 Å². The summed E-state index contributed by atoms with van der Waals surface area (Å²) in [5.74, 6) is 0.330. The van der Waals surface area contributed by atoms with E-state index in [-0.39, 0.29) is 18.3 Å². The van der Waals surface area contributed by atoms with Crippen LogP contribution >= 0.6 is 0 Å². The Morgan fingerprint density at radius 3 is 2.41 bits per heavy atom. The van der Waals surface area contributed by atoms with E-state index in [0.717, 1.165) is 0 Å². The molecule has 0 saturated heterocycles. The standard InChI is InChI=1S/C13H23NO3/c1-17-13(16)8-9-14-12(15)10-11-6-4-2-3-5-7-11/h11H,2-10H2,1H3,(H,14,15). The Balaban J connectivity index is 2.13. The molecule has 0 aliphatic heterocycles. The van der Waals surface area contributed by atoms with Crippen LogP contribution < -0.4 is 5.32 Å². The Hall–Kier alpha value is -1.06. The molecule has 1 N–H and O–H groups in total. The van der Waals surface area contributed by atoms with Crippen molar-refractivity contribution in [1.82, 2.24) is 5.32 Å². The fourth-order valence-corrected chi connectivity index (χ4v) is 2.31. The highest BCUT2D eigenvalue weighted by Gasteiger charge is 2.15. The van der Waals surface area contributed by atoms with Crippen molar-refractivity contribution >= 4 is 11.9 Å². The Kier molecular flexibility index (Phi) is 6.67. The van der Waals surface area contributed by atoms with Crippen LogP contribution in [0.4, 0.5) is 0 Å². The van der Waals surface area contributed by atoms with Crippen LogP contribution in [-0.2, 0) is 14.3 Å². The first-order chi connectivity index (χ1) is 8.22. The van der Waals surface area contributed by atoms with Crippen LogP contribution in [0.5, 0.6) is 0 Å². The summed E-state index contributed by atoms with van der Waals surface area (Å²) in [6.07, 6.45) is 8.32. The van der Waals surface area contributed by atoms with Crippen LogP contribution in [0.15, 0.2) is 0 Å². The molecule has 1 saturated carbocycles. The molecular formula is C13H23NO3. The van der Waals surface area contributed by atoms with Gasteiger partial charge in [-0.05, 0) is 18.8 Å². The summed E-state index contributed by atoms with van der Waals surface area (Å²) in [4.78, 5) is 22.5. The largest absolute Gasteiger partial charge is 0.469 e. The maximum Gasteiger partial charge on any atom is 0.307 e. The SMILES string of the molecule is COC(=O)CCNC(=O)CC1CCCCCC1. The van der Waals surface area contributed by atoms with Gasteiger partial charge in [-0.1, -0.05) is 25.7 Å². The van der Waals surface area contributed by atoms with E-state index in [2.05, 4.69) is 10.1 Å². The molecule has 0 heterocycles. The smallest absolute Gasteiger partial charge is 0.307 e. The van der Waals surface area contributed by atoms with E-state index in [9.17, 15) is 9.59 Å². The lowest BCUT2D eigenvalue weighted by Gasteiger charge is -2.13. The van der Waals surface area contributed by atoms with Gasteiger partial charge in [0.1, 0.15) is 0 Å².